The molecular weight excluding hydrogens is 545 g/mol. The van der Waals surface area contributed by atoms with Crippen LogP contribution in [0.3, 0.4) is 0 Å². The molecule has 0 saturated heterocycles. The van der Waals surface area contributed by atoms with Gasteiger partial charge in [0.05, 0.1) is 0 Å². The summed E-state index contributed by atoms with van der Waals surface area (Å²) in [5.74, 6) is 0.323. The van der Waals surface area contributed by atoms with Crippen LogP contribution in [0.2, 0.25) is 13.3 Å². The van der Waals surface area contributed by atoms with Crippen LogP contribution in [-0.2, 0) is 25.7 Å². The first kappa shape index (κ1) is 29.3. The zero-order valence-corrected chi connectivity index (χ0v) is 26.8. The Morgan fingerprint density at radius 1 is 0.667 bits per heavy atom. The van der Waals surface area contributed by atoms with E-state index in [0.717, 1.165) is 38.8 Å². The number of carbonyl (C=O) groups excluding carboxylic acids is 1. The SMILES string of the molecule is CCC[CH2][Sn]([CH2]CCC)([CH2]CCC)[c]1c2ccc(c1C(=O)N(CC)CC)CCc1ccc(cc1)CC2. The fourth-order valence-corrected chi connectivity index (χ4v) is 24.3. The van der Waals surface area contributed by atoms with Crippen LogP contribution in [0, 0.1) is 0 Å². The molecule has 2 nitrogen and oxygen atoms in total. The number of aryl methyl sites for hydroxylation is 4. The third-order valence-corrected chi connectivity index (χ3v) is 24.5. The fraction of sp³-hybridized carbons (Fsp3) is 0.606. The van der Waals surface area contributed by atoms with E-state index >= 15 is 0 Å². The Morgan fingerprint density at radius 2 is 1.11 bits per heavy atom. The van der Waals surface area contributed by atoms with E-state index in [0.29, 0.717) is 5.91 Å². The molecule has 2 aromatic carbocycles. The second kappa shape index (κ2) is 14.6. The number of carbonyl (C=O) groups is 1. The molecule has 1 amide bonds. The van der Waals surface area contributed by atoms with Gasteiger partial charge in [-0.25, -0.2) is 0 Å². The standard InChI is InChI=1S/C21H24NO.3C4H9.Sn/c1-3-22(4-2)21(23)20-15-18-10-9-16-5-7-17(8-6-16)11-13-19(20)14-12-18;3*1-3-4-2;/h5-8,12,14H,3-4,9-11,13H2,1-2H3;3*1,3-4H2,2H3;. The number of rotatable bonds is 13. The van der Waals surface area contributed by atoms with Gasteiger partial charge >= 0.3 is 227 Å². The summed E-state index contributed by atoms with van der Waals surface area (Å²) in [6.45, 7) is 12.9. The molecule has 4 aliphatic carbocycles. The molecule has 0 fully saturated rings. The van der Waals surface area contributed by atoms with E-state index in [1.165, 1.54) is 79.7 Å². The number of unbranched alkanes of at least 4 members (excludes halogenated alkanes) is 3. The minimum absolute atomic E-state index is 0.323. The molecule has 0 heterocycles. The van der Waals surface area contributed by atoms with Crippen molar-refractivity contribution in [1.29, 1.82) is 0 Å². The first-order chi connectivity index (χ1) is 17.5. The predicted molar refractivity (Wildman–Crippen MR) is 159 cm³/mol. The van der Waals surface area contributed by atoms with Crippen LogP contribution in [0.5, 0.6) is 0 Å². The first-order valence-corrected chi connectivity index (χ1v) is 22.5. The van der Waals surface area contributed by atoms with Gasteiger partial charge in [0.25, 0.3) is 0 Å². The number of nitrogens with zero attached hydrogens (tertiary/aromatic N) is 1. The maximum absolute atomic E-state index is 14.4. The average molecular weight is 596 g/mol. The van der Waals surface area contributed by atoms with Crippen molar-refractivity contribution >= 4 is 27.9 Å². The van der Waals surface area contributed by atoms with Crippen molar-refractivity contribution in [1.82, 2.24) is 4.90 Å². The van der Waals surface area contributed by atoms with Gasteiger partial charge in [0.15, 0.2) is 0 Å². The summed E-state index contributed by atoms with van der Waals surface area (Å²) in [6.07, 6.45) is 11.9. The van der Waals surface area contributed by atoms with E-state index < -0.39 is 18.4 Å². The summed E-state index contributed by atoms with van der Waals surface area (Å²) in [5, 5.41) is 0. The van der Waals surface area contributed by atoms with Crippen LogP contribution in [0.25, 0.3) is 0 Å². The predicted octanol–water partition coefficient (Wildman–Crippen LogP) is 8.11. The van der Waals surface area contributed by atoms with Gasteiger partial charge in [0, 0.05) is 0 Å². The Hall–Kier alpha value is -1.29. The molecule has 0 unspecified atom stereocenters. The van der Waals surface area contributed by atoms with E-state index in [-0.39, 0.29) is 0 Å². The second-order valence-electron chi connectivity index (χ2n) is 11.0. The summed E-state index contributed by atoms with van der Waals surface area (Å²) >= 11 is -2.89. The monoisotopic (exact) mass is 597 g/mol. The Morgan fingerprint density at radius 3 is 1.56 bits per heavy atom. The zero-order chi connectivity index (χ0) is 26.0. The molecule has 0 N–H and O–H groups in total. The van der Waals surface area contributed by atoms with Gasteiger partial charge in [-0.2, -0.15) is 0 Å². The molecule has 3 heteroatoms. The van der Waals surface area contributed by atoms with Gasteiger partial charge in [-0.05, 0) is 0 Å². The molecule has 0 saturated carbocycles. The van der Waals surface area contributed by atoms with E-state index in [1.807, 2.05) is 0 Å². The van der Waals surface area contributed by atoms with Crippen molar-refractivity contribution in [2.24, 2.45) is 0 Å². The number of amides is 1. The van der Waals surface area contributed by atoms with Crippen molar-refractivity contribution in [2.45, 2.75) is 112 Å². The molecule has 0 atom stereocenters. The van der Waals surface area contributed by atoms with Crippen molar-refractivity contribution in [3.05, 3.63) is 64.2 Å². The topological polar surface area (TPSA) is 20.3 Å². The number of benzene rings is 2. The Kier molecular flexibility index (Phi) is 11.9. The van der Waals surface area contributed by atoms with Crippen molar-refractivity contribution < 1.29 is 4.79 Å². The Labute approximate surface area is 226 Å². The number of hydrogen-bond donors (Lipinski definition) is 0. The summed E-state index contributed by atoms with van der Waals surface area (Å²) in [6, 6.07) is 14.1. The molecule has 0 aromatic heterocycles. The van der Waals surface area contributed by atoms with Gasteiger partial charge in [0.2, 0.25) is 0 Å². The van der Waals surface area contributed by atoms with Crippen molar-refractivity contribution in [2.75, 3.05) is 13.1 Å². The van der Waals surface area contributed by atoms with Crippen molar-refractivity contribution in [3.8, 4) is 0 Å². The molecule has 4 aliphatic rings. The van der Waals surface area contributed by atoms with E-state index in [9.17, 15) is 4.79 Å². The minimum atomic E-state index is -2.89. The van der Waals surface area contributed by atoms with Crippen LogP contribution in [0.4, 0.5) is 0 Å². The van der Waals surface area contributed by atoms with Crippen LogP contribution in [0.1, 0.15) is 106 Å². The van der Waals surface area contributed by atoms with Gasteiger partial charge in [0.1, 0.15) is 0 Å². The fourth-order valence-electron chi connectivity index (χ4n) is 6.35. The maximum atomic E-state index is 14.4. The van der Waals surface area contributed by atoms with E-state index in [1.54, 1.807) is 3.58 Å². The third kappa shape index (κ3) is 6.97. The van der Waals surface area contributed by atoms with Crippen LogP contribution < -0.4 is 3.58 Å². The summed E-state index contributed by atoms with van der Waals surface area (Å²) in [5.41, 5.74) is 6.84. The Balaban J connectivity index is 2.30. The van der Waals surface area contributed by atoms with Gasteiger partial charge in [-0.1, -0.05) is 0 Å². The molecule has 0 radical (unpaired) electrons. The average Bonchev–Trinajstić information content (AvgIpc) is 2.90. The normalized spacial score (nSPS) is 13.5. The molecular formula is C33H51NOSn. The van der Waals surface area contributed by atoms with E-state index in [2.05, 4.69) is 75.9 Å². The number of hydrogen-bond acceptors (Lipinski definition) is 1. The van der Waals surface area contributed by atoms with Crippen LogP contribution in [0.15, 0.2) is 36.4 Å². The van der Waals surface area contributed by atoms with Gasteiger partial charge in [-0.3, -0.25) is 0 Å². The van der Waals surface area contributed by atoms with E-state index in [4.69, 9.17) is 0 Å². The summed E-state index contributed by atoms with van der Waals surface area (Å²) < 4.78 is 5.89. The molecule has 0 aliphatic heterocycles. The summed E-state index contributed by atoms with van der Waals surface area (Å²) in [7, 11) is 0. The molecule has 0 spiro atoms. The van der Waals surface area contributed by atoms with Crippen LogP contribution >= 0.6 is 0 Å². The molecule has 4 bridgehead atoms. The molecule has 6 rings (SSSR count). The quantitative estimate of drug-likeness (QED) is 0.214. The summed E-state index contributed by atoms with van der Waals surface area (Å²) in [4.78, 5) is 16.5. The Bertz CT molecular complexity index is 939. The molecule has 36 heavy (non-hydrogen) atoms. The second-order valence-corrected chi connectivity index (χ2v) is 24.0. The third-order valence-electron chi connectivity index (χ3n) is 8.59. The first-order valence-electron chi connectivity index (χ1n) is 15.1. The van der Waals surface area contributed by atoms with Crippen molar-refractivity contribution in [3.63, 3.8) is 0 Å². The van der Waals surface area contributed by atoms with Gasteiger partial charge in [-0.15, -0.1) is 0 Å². The van der Waals surface area contributed by atoms with Gasteiger partial charge < -0.3 is 0 Å². The van der Waals surface area contributed by atoms with Crippen LogP contribution in [-0.4, -0.2) is 42.3 Å². The molecule has 198 valence electrons. The molecule has 2 aromatic rings. The zero-order valence-electron chi connectivity index (χ0n) is 23.9.